The van der Waals surface area contributed by atoms with Crippen LogP contribution < -0.4 is 5.32 Å². The fourth-order valence-corrected chi connectivity index (χ4v) is 11.4. The van der Waals surface area contributed by atoms with Crippen molar-refractivity contribution in [2.75, 3.05) is 13.2 Å². The Morgan fingerprint density at radius 2 is 0.637 bits per heavy atom. The fraction of sp³-hybridized carbons (Fsp3) is 0.892. The number of amides is 1. The second-order valence-corrected chi connectivity index (χ2v) is 24.9. The molecule has 0 saturated carbocycles. The summed E-state index contributed by atoms with van der Waals surface area (Å²) in [5.41, 5.74) is 0. The molecule has 0 fully saturated rings. The van der Waals surface area contributed by atoms with E-state index in [0.29, 0.717) is 25.9 Å². The van der Waals surface area contributed by atoms with Crippen LogP contribution in [0.4, 0.5) is 0 Å². The molecule has 0 aliphatic carbocycles. The average molecular weight is 1120 g/mol. The number of carbonyl (C=O) groups is 2. The number of rotatable bonds is 68. The van der Waals surface area contributed by atoms with Crippen molar-refractivity contribution < 1.29 is 24.5 Å². The molecule has 6 heteroatoms. The molecule has 0 aromatic carbocycles. The van der Waals surface area contributed by atoms with E-state index < -0.39 is 12.1 Å². The molecule has 0 bridgehead atoms. The standard InChI is InChI=1S/C74H141NO5/c1-3-5-7-9-11-13-15-17-19-20-21-22-23-27-30-33-36-39-42-46-50-54-58-62-66-72(77)71(70-76)75-73(78)67-63-59-55-51-47-43-40-37-34-31-28-25-24-26-29-32-35-38-41-45-49-53-57-61-65-69-80-74(79)68-64-60-56-52-48-44-18-16-14-12-10-8-6-4-2/h10,12,16,18,25,28,71-72,76-77H,3-9,11,13-15,17,19-24,26-27,29-70H2,1-2H3,(H,75,78)/b12-10-,18-16-,28-25-. The number of allylic oxidation sites excluding steroid dienone is 6. The molecule has 80 heavy (non-hydrogen) atoms. The predicted molar refractivity (Wildman–Crippen MR) is 352 cm³/mol. The molecule has 472 valence electrons. The van der Waals surface area contributed by atoms with Gasteiger partial charge in [-0.05, 0) is 77.0 Å². The molecule has 0 aliphatic rings. The summed E-state index contributed by atoms with van der Waals surface area (Å²) < 4.78 is 5.48. The van der Waals surface area contributed by atoms with E-state index in [1.54, 1.807) is 0 Å². The number of unbranched alkanes of at least 4 members (excludes halogenated alkanes) is 51. The van der Waals surface area contributed by atoms with Gasteiger partial charge in [0.25, 0.3) is 0 Å². The van der Waals surface area contributed by atoms with Crippen LogP contribution in [-0.4, -0.2) is 47.4 Å². The first-order valence-corrected chi connectivity index (χ1v) is 36.2. The Kier molecular flexibility index (Phi) is 67.9. The number of hydrogen-bond donors (Lipinski definition) is 3. The topological polar surface area (TPSA) is 95.9 Å². The zero-order valence-corrected chi connectivity index (χ0v) is 54.1. The van der Waals surface area contributed by atoms with Gasteiger partial charge in [-0.3, -0.25) is 9.59 Å². The van der Waals surface area contributed by atoms with Crippen LogP contribution in [0.2, 0.25) is 0 Å². The maximum atomic E-state index is 12.6. The molecular weight excluding hydrogens is 983 g/mol. The van der Waals surface area contributed by atoms with Gasteiger partial charge in [0.05, 0.1) is 25.4 Å². The maximum Gasteiger partial charge on any atom is 0.305 e. The Morgan fingerprint density at radius 1 is 0.350 bits per heavy atom. The lowest BCUT2D eigenvalue weighted by molar-refractivity contribution is -0.143. The first kappa shape index (κ1) is 78.1. The largest absolute Gasteiger partial charge is 0.466 e. The smallest absolute Gasteiger partial charge is 0.305 e. The number of esters is 1. The third kappa shape index (κ3) is 65.2. The highest BCUT2D eigenvalue weighted by Gasteiger charge is 2.20. The third-order valence-electron chi connectivity index (χ3n) is 16.9. The normalized spacial score (nSPS) is 12.7. The first-order chi connectivity index (χ1) is 39.5. The van der Waals surface area contributed by atoms with Crippen LogP contribution in [0.25, 0.3) is 0 Å². The summed E-state index contributed by atoms with van der Waals surface area (Å²) in [5, 5.41) is 23.4. The molecule has 2 unspecified atom stereocenters. The second kappa shape index (κ2) is 69.6. The predicted octanol–water partition coefficient (Wildman–Crippen LogP) is 23.5. The summed E-state index contributed by atoms with van der Waals surface area (Å²) in [6.45, 7) is 4.94. The zero-order valence-electron chi connectivity index (χ0n) is 54.1. The quantitative estimate of drug-likeness (QED) is 0.0320. The van der Waals surface area contributed by atoms with E-state index in [1.807, 2.05) is 0 Å². The van der Waals surface area contributed by atoms with Gasteiger partial charge in [0.1, 0.15) is 0 Å². The van der Waals surface area contributed by atoms with Gasteiger partial charge in [-0.1, -0.05) is 346 Å². The van der Waals surface area contributed by atoms with Crippen LogP contribution in [0.5, 0.6) is 0 Å². The summed E-state index contributed by atoms with van der Waals surface area (Å²) in [7, 11) is 0. The van der Waals surface area contributed by atoms with Gasteiger partial charge >= 0.3 is 5.97 Å². The Labute approximate surface area is 500 Å². The molecule has 2 atom stereocenters. The Balaban J connectivity index is 3.40. The fourth-order valence-electron chi connectivity index (χ4n) is 11.4. The van der Waals surface area contributed by atoms with E-state index in [2.05, 4.69) is 55.6 Å². The van der Waals surface area contributed by atoms with Gasteiger partial charge in [0.2, 0.25) is 5.91 Å². The summed E-state index contributed by atoms with van der Waals surface area (Å²) in [5.74, 6) is -0.0343. The first-order valence-electron chi connectivity index (χ1n) is 36.2. The SMILES string of the molecule is CCCC/C=C\C/C=C\CCCCCCCC(=O)OCCCCCCCCCCCCCC/C=C\CCCCCCCCCCCC(=O)NC(CO)C(O)CCCCCCCCCCCCCCCCCCCCCCCCCC. The van der Waals surface area contributed by atoms with E-state index in [0.717, 1.165) is 51.4 Å². The molecule has 0 aliphatic heterocycles. The number of hydrogen-bond acceptors (Lipinski definition) is 5. The van der Waals surface area contributed by atoms with Crippen LogP contribution in [0.1, 0.15) is 399 Å². The van der Waals surface area contributed by atoms with Gasteiger partial charge in [0, 0.05) is 12.8 Å². The Hall–Kier alpha value is -1.92. The van der Waals surface area contributed by atoms with Gasteiger partial charge < -0.3 is 20.3 Å². The number of aliphatic hydroxyl groups is 2. The van der Waals surface area contributed by atoms with Crippen LogP contribution in [0.3, 0.4) is 0 Å². The Bertz CT molecular complexity index is 1300. The molecule has 0 saturated heterocycles. The highest BCUT2D eigenvalue weighted by molar-refractivity contribution is 5.76. The molecular formula is C74H141NO5. The van der Waals surface area contributed by atoms with Gasteiger partial charge in [-0.25, -0.2) is 0 Å². The van der Waals surface area contributed by atoms with E-state index >= 15 is 0 Å². The molecule has 1 amide bonds. The van der Waals surface area contributed by atoms with E-state index in [1.165, 1.54) is 315 Å². The van der Waals surface area contributed by atoms with Crippen molar-refractivity contribution in [1.29, 1.82) is 0 Å². The van der Waals surface area contributed by atoms with Crippen LogP contribution in [-0.2, 0) is 14.3 Å². The van der Waals surface area contributed by atoms with Crippen molar-refractivity contribution in [3.8, 4) is 0 Å². The number of nitrogens with one attached hydrogen (secondary N) is 1. The summed E-state index contributed by atoms with van der Waals surface area (Å²) in [4.78, 5) is 24.6. The van der Waals surface area contributed by atoms with Crippen molar-refractivity contribution in [3.63, 3.8) is 0 Å². The molecule has 3 N–H and O–H groups in total. The molecule has 0 aromatic rings. The number of carbonyl (C=O) groups excluding carboxylic acids is 2. The molecule has 0 spiro atoms. The molecule has 6 nitrogen and oxygen atoms in total. The van der Waals surface area contributed by atoms with E-state index in [9.17, 15) is 19.8 Å². The minimum atomic E-state index is -0.668. The molecule has 0 aromatic heterocycles. The van der Waals surface area contributed by atoms with Crippen molar-refractivity contribution in [1.82, 2.24) is 5.32 Å². The summed E-state index contributed by atoms with van der Waals surface area (Å²) in [6.07, 6.45) is 89.1. The van der Waals surface area contributed by atoms with Crippen molar-refractivity contribution in [2.24, 2.45) is 0 Å². The lowest BCUT2D eigenvalue weighted by Gasteiger charge is -2.22. The lowest BCUT2D eigenvalue weighted by Crippen LogP contribution is -2.45. The van der Waals surface area contributed by atoms with Gasteiger partial charge in [0.15, 0.2) is 0 Å². The van der Waals surface area contributed by atoms with Crippen LogP contribution >= 0.6 is 0 Å². The summed E-state index contributed by atoms with van der Waals surface area (Å²) in [6, 6.07) is -0.546. The molecule has 0 heterocycles. The summed E-state index contributed by atoms with van der Waals surface area (Å²) >= 11 is 0. The van der Waals surface area contributed by atoms with Crippen molar-refractivity contribution in [2.45, 2.75) is 411 Å². The molecule has 0 radical (unpaired) electrons. The monoisotopic (exact) mass is 1120 g/mol. The van der Waals surface area contributed by atoms with Crippen LogP contribution in [0, 0.1) is 0 Å². The minimum absolute atomic E-state index is 0.000565. The highest BCUT2D eigenvalue weighted by atomic mass is 16.5. The average Bonchev–Trinajstić information content (AvgIpc) is 3.46. The van der Waals surface area contributed by atoms with Gasteiger partial charge in [-0.15, -0.1) is 0 Å². The van der Waals surface area contributed by atoms with E-state index in [-0.39, 0.29) is 18.5 Å². The number of ether oxygens (including phenoxy) is 1. The maximum absolute atomic E-state index is 12.6. The molecule has 0 rings (SSSR count). The minimum Gasteiger partial charge on any atom is -0.466 e. The van der Waals surface area contributed by atoms with Crippen molar-refractivity contribution in [3.05, 3.63) is 36.5 Å². The Morgan fingerprint density at radius 3 is 1.00 bits per heavy atom. The lowest BCUT2D eigenvalue weighted by atomic mass is 10.0. The van der Waals surface area contributed by atoms with E-state index in [4.69, 9.17) is 4.74 Å². The second-order valence-electron chi connectivity index (χ2n) is 24.9. The van der Waals surface area contributed by atoms with Gasteiger partial charge in [-0.2, -0.15) is 0 Å². The zero-order chi connectivity index (χ0) is 57.8. The number of aliphatic hydroxyl groups excluding tert-OH is 2. The third-order valence-corrected chi connectivity index (χ3v) is 16.9. The van der Waals surface area contributed by atoms with Crippen molar-refractivity contribution >= 4 is 11.9 Å². The highest BCUT2D eigenvalue weighted by Crippen LogP contribution is 2.19. The van der Waals surface area contributed by atoms with Crippen LogP contribution in [0.15, 0.2) is 36.5 Å².